The van der Waals surface area contributed by atoms with Crippen molar-refractivity contribution in [1.29, 1.82) is 5.26 Å². The van der Waals surface area contributed by atoms with Crippen LogP contribution in [0.3, 0.4) is 0 Å². The molecule has 0 unspecified atom stereocenters. The second kappa shape index (κ2) is 4.77. The molecule has 0 aliphatic heterocycles. The molecule has 0 fully saturated rings. The van der Waals surface area contributed by atoms with Crippen molar-refractivity contribution in [3.63, 3.8) is 0 Å². The highest BCUT2D eigenvalue weighted by atomic mass is 127. The third kappa shape index (κ3) is 2.78. The van der Waals surface area contributed by atoms with Gasteiger partial charge in [0.2, 0.25) is 0 Å². The van der Waals surface area contributed by atoms with Crippen LogP contribution in [0.5, 0.6) is 0 Å². The molecule has 0 spiro atoms. The van der Waals surface area contributed by atoms with Gasteiger partial charge in [-0.2, -0.15) is 5.26 Å². The Bertz CT molecular complexity index is 570. The van der Waals surface area contributed by atoms with Crippen LogP contribution in [0.2, 0.25) is 0 Å². The first kappa shape index (κ1) is 13.5. The molecule has 0 saturated heterocycles. The first-order chi connectivity index (χ1) is 7.27. The van der Waals surface area contributed by atoms with E-state index >= 15 is 0 Å². The molecule has 0 radical (unpaired) electrons. The number of rotatable bonds is 2. The van der Waals surface area contributed by atoms with Gasteiger partial charge in [-0.25, -0.2) is 22.2 Å². The summed E-state index contributed by atoms with van der Waals surface area (Å²) in [6.45, 7) is 0. The van der Waals surface area contributed by atoms with Gasteiger partial charge in [0.05, 0.1) is 5.56 Å². The zero-order valence-electron chi connectivity index (χ0n) is 7.29. The number of pyridine rings is 1. The third-order valence-electron chi connectivity index (χ3n) is 1.54. The van der Waals surface area contributed by atoms with Gasteiger partial charge in [-0.3, -0.25) is 0 Å². The Labute approximate surface area is 108 Å². The van der Waals surface area contributed by atoms with Gasteiger partial charge in [-0.1, -0.05) is 0 Å². The third-order valence-corrected chi connectivity index (χ3v) is 3.64. The van der Waals surface area contributed by atoms with Crippen LogP contribution in [0.4, 0.5) is 8.78 Å². The minimum Gasteiger partial charge on any atom is -0.224 e. The quantitative estimate of drug-likeness (QED) is 0.585. The van der Waals surface area contributed by atoms with Crippen LogP contribution in [-0.4, -0.2) is 13.4 Å². The summed E-state index contributed by atoms with van der Waals surface area (Å²) in [5.41, 5.74) is -1.07. The fourth-order valence-electron chi connectivity index (χ4n) is 0.943. The Morgan fingerprint density at radius 3 is 2.50 bits per heavy atom. The van der Waals surface area contributed by atoms with Gasteiger partial charge >= 0.3 is 0 Å². The Morgan fingerprint density at radius 2 is 2.12 bits per heavy atom. The number of alkyl halides is 2. The van der Waals surface area contributed by atoms with Crippen LogP contribution < -0.4 is 0 Å². The predicted molar refractivity (Wildman–Crippen MR) is 59.7 cm³/mol. The lowest BCUT2D eigenvalue weighted by Gasteiger charge is -2.07. The molecular weight excluding hydrogens is 377 g/mol. The molecule has 0 atom stereocenters. The highest BCUT2D eigenvalue weighted by molar-refractivity contribution is 14.1. The van der Waals surface area contributed by atoms with Crippen molar-refractivity contribution in [2.75, 3.05) is 0 Å². The van der Waals surface area contributed by atoms with Crippen LogP contribution in [0.25, 0.3) is 0 Å². The van der Waals surface area contributed by atoms with Gasteiger partial charge < -0.3 is 0 Å². The van der Waals surface area contributed by atoms with Gasteiger partial charge in [0, 0.05) is 14.3 Å². The lowest BCUT2D eigenvalue weighted by atomic mass is 10.2. The number of halogens is 4. The highest BCUT2D eigenvalue weighted by Crippen LogP contribution is 2.31. The maximum Gasteiger partial charge on any atom is 0.279 e. The normalized spacial score (nSPS) is 11.5. The van der Waals surface area contributed by atoms with E-state index in [2.05, 4.69) is 4.98 Å². The molecule has 16 heavy (non-hydrogen) atoms. The zero-order chi connectivity index (χ0) is 12.5. The Balaban J connectivity index is 3.69. The second-order valence-electron chi connectivity index (χ2n) is 2.56. The topological polar surface area (TPSA) is 70.8 Å². The summed E-state index contributed by atoms with van der Waals surface area (Å²) in [6, 6.07) is 2.63. The molecule has 0 saturated carbocycles. The number of aromatic nitrogens is 1. The Hall–Kier alpha value is -0.530. The van der Waals surface area contributed by atoms with Crippen LogP contribution in [0, 0.1) is 14.9 Å². The molecular formula is C7H2ClF2IN2O2S. The maximum absolute atomic E-state index is 12.6. The van der Waals surface area contributed by atoms with Crippen LogP contribution in [-0.2, 0) is 9.05 Å². The predicted octanol–water partition coefficient (Wildman–Crippen LogP) is 2.42. The van der Waals surface area contributed by atoms with Crippen molar-refractivity contribution in [3.8, 4) is 6.07 Å². The van der Waals surface area contributed by atoms with Gasteiger partial charge in [-0.05, 0) is 28.7 Å². The van der Waals surface area contributed by atoms with E-state index in [0.717, 1.165) is 6.07 Å². The summed E-state index contributed by atoms with van der Waals surface area (Å²) in [5.74, 6) is 0. The average Bonchev–Trinajstić information content (AvgIpc) is 2.14. The summed E-state index contributed by atoms with van der Waals surface area (Å²) in [7, 11) is 0.564. The lowest BCUT2D eigenvalue weighted by Crippen LogP contribution is -2.06. The van der Waals surface area contributed by atoms with Crippen molar-refractivity contribution >= 4 is 42.3 Å². The highest BCUT2D eigenvalue weighted by Gasteiger charge is 2.27. The monoisotopic (exact) mass is 378 g/mol. The molecule has 0 aromatic carbocycles. The molecule has 0 aliphatic carbocycles. The van der Waals surface area contributed by atoms with Gasteiger partial charge in [0.1, 0.15) is 11.8 Å². The van der Waals surface area contributed by atoms with Crippen molar-refractivity contribution in [2.45, 2.75) is 11.5 Å². The van der Waals surface area contributed by atoms with E-state index in [1.807, 2.05) is 0 Å². The smallest absolute Gasteiger partial charge is 0.224 e. The Morgan fingerprint density at radius 1 is 1.56 bits per heavy atom. The zero-order valence-corrected chi connectivity index (χ0v) is 11.0. The first-order valence-corrected chi connectivity index (χ1v) is 6.99. The minimum absolute atomic E-state index is 0.0709. The molecule has 0 N–H and O–H groups in total. The van der Waals surface area contributed by atoms with Crippen LogP contribution >= 0.6 is 33.3 Å². The molecule has 86 valence electrons. The summed E-state index contributed by atoms with van der Waals surface area (Å²) in [6.07, 6.45) is -3.03. The molecule has 1 rings (SSSR count). The molecule has 0 aliphatic rings. The number of nitrogens with zero attached hydrogens (tertiary/aromatic N) is 2. The Kier molecular flexibility index (Phi) is 4.03. The van der Waals surface area contributed by atoms with Crippen LogP contribution in [0.15, 0.2) is 11.1 Å². The van der Waals surface area contributed by atoms with Crippen molar-refractivity contribution in [2.24, 2.45) is 0 Å². The van der Waals surface area contributed by atoms with E-state index in [9.17, 15) is 17.2 Å². The van der Waals surface area contributed by atoms with Gasteiger partial charge in [-0.15, -0.1) is 0 Å². The summed E-state index contributed by atoms with van der Waals surface area (Å²) >= 11 is 1.50. The van der Waals surface area contributed by atoms with E-state index < -0.39 is 26.1 Å². The molecule has 1 heterocycles. The number of nitriles is 1. The van der Waals surface area contributed by atoms with E-state index in [4.69, 9.17) is 15.9 Å². The lowest BCUT2D eigenvalue weighted by molar-refractivity contribution is 0.146. The SMILES string of the molecule is N#Cc1cc(I)c(C(F)F)c(S(=O)(=O)Cl)n1. The van der Waals surface area contributed by atoms with Crippen molar-refractivity contribution in [3.05, 3.63) is 20.9 Å². The molecule has 9 heteroatoms. The average molecular weight is 379 g/mol. The second-order valence-corrected chi connectivity index (χ2v) is 6.20. The number of hydrogen-bond donors (Lipinski definition) is 0. The largest absolute Gasteiger partial charge is 0.279 e. The van der Waals surface area contributed by atoms with Gasteiger partial charge in [0.25, 0.3) is 15.5 Å². The molecule has 0 bridgehead atoms. The van der Waals surface area contributed by atoms with E-state index in [0.29, 0.717) is 0 Å². The van der Waals surface area contributed by atoms with E-state index in [1.54, 1.807) is 6.07 Å². The van der Waals surface area contributed by atoms with Crippen LogP contribution in [0.1, 0.15) is 17.7 Å². The van der Waals surface area contributed by atoms with E-state index in [-0.39, 0.29) is 9.26 Å². The summed E-state index contributed by atoms with van der Waals surface area (Å²) < 4.78 is 47.2. The molecule has 4 nitrogen and oxygen atoms in total. The first-order valence-electron chi connectivity index (χ1n) is 3.60. The molecule has 1 aromatic heterocycles. The van der Waals surface area contributed by atoms with E-state index in [1.165, 1.54) is 22.6 Å². The standard InChI is InChI=1S/C7H2ClF2IN2O2S/c8-16(14,15)7-5(6(9)10)4(11)1-3(2-12)13-7/h1,6H. The van der Waals surface area contributed by atoms with Gasteiger partial charge in [0.15, 0.2) is 5.03 Å². The molecule has 0 amide bonds. The maximum atomic E-state index is 12.6. The fraction of sp³-hybridized carbons (Fsp3) is 0.143. The molecule has 1 aromatic rings. The number of hydrogen-bond acceptors (Lipinski definition) is 4. The fourth-order valence-corrected chi connectivity index (χ4v) is 2.93. The van der Waals surface area contributed by atoms with Crippen molar-refractivity contribution in [1.82, 2.24) is 4.98 Å². The summed E-state index contributed by atoms with van der Waals surface area (Å²) in [5, 5.41) is 7.58. The van der Waals surface area contributed by atoms with Crippen molar-refractivity contribution < 1.29 is 17.2 Å². The minimum atomic E-state index is -4.41. The summed E-state index contributed by atoms with van der Waals surface area (Å²) in [4.78, 5) is 3.28.